The summed E-state index contributed by atoms with van der Waals surface area (Å²) in [5.74, 6) is 0.766. The number of carbonyl (C=O) groups is 1. The minimum Gasteiger partial charge on any atom is -0.494 e. The third kappa shape index (κ3) is 2.07. The van der Waals surface area contributed by atoms with E-state index < -0.39 is 6.09 Å². The molecule has 0 aliphatic carbocycles. The molecule has 0 saturated carbocycles. The molecule has 1 aromatic rings. The Labute approximate surface area is 81.3 Å². The summed E-state index contributed by atoms with van der Waals surface area (Å²) in [6.07, 6.45) is -1.41. The summed E-state index contributed by atoms with van der Waals surface area (Å²) in [5.41, 5.74) is 0.248. The van der Waals surface area contributed by atoms with Crippen molar-refractivity contribution in [2.45, 2.75) is 0 Å². The highest BCUT2D eigenvalue weighted by Gasteiger charge is 2.12. The normalized spacial score (nSPS) is 9.29. The van der Waals surface area contributed by atoms with Crippen LogP contribution in [0.2, 0.25) is 0 Å². The first-order valence-electron chi connectivity index (χ1n) is 3.88. The monoisotopic (exact) mass is 196 g/mol. The van der Waals surface area contributed by atoms with Crippen molar-refractivity contribution in [2.24, 2.45) is 0 Å². The maximum atomic E-state index is 10.4. The van der Waals surface area contributed by atoms with Gasteiger partial charge in [-0.05, 0) is 12.1 Å². The zero-order valence-electron chi connectivity index (χ0n) is 7.87. The van der Waals surface area contributed by atoms with Crippen molar-refractivity contribution in [3.8, 4) is 11.5 Å². The number of hydrogen-bond donors (Lipinski definition) is 1. The predicted octanol–water partition coefficient (Wildman–Crippen LogP) is 1.67. The van der Waals surface area contributed by atoms with Gasteiger partial charge in [-0.1, -0.05) is 6.07 Å². The Balaban J connectivity index is 3.12. The number of rotatable bonds is 3. The standard InChI is InChI=1S/C9H10NO4/c1-13-6-4-3-5-7(14-2)8(6)10-9(11)12/h3-5,10H,1-2H3. The first kappa shape index (κ1) is 10.2. The Morgan fingerprint density at radius 1 is 1.21 bits per heavy atom. The lowest BCUT2D eigenvalue weighted by Gasteiger charge is -2.11. The summed E-state index contributed by atoms with van der Waals surface area (Å²) < 4.78 is 9.91. The topological polar surface area (TPSA) is 67.5 Å². The number of anilines is 1. The molecular formula is C9H10NO4. The van der Waals surface area contributed by atoms with Gasteiger partial charge in [-0.3, -0.25) is 5.32 Å². The summed E-state index contributed by atoms with van der Waals surface area (Å²) >= 11 is 0. The van der Waals surface area contributed by atoms with Gasteiger partial charge in [-0.15, -0.1) is 0 Å². The molecule has 5 heteroatoms. The van der Waals surface area contributed by atoms with Crippen molar-refractivity contribution in [3.05, 3.63) is 18.2 Å². The number of hydrogen-bond acceptors (Lipinski definition) is 3. The van der Waals surface area contributed by atoms with Crippen LogP contribution in [-0.4, -0.2) is 20.3 Å². The van der Waals surface area contributed by atoms with E-state index in [1.165, 1.54) is 14.2 Å². The van der Waals surface area contributed by atoms with Gasteiger partial charge in [0.05, 0.1) is 14.2 Å². The number of amides is 1. The zero-order valence-corrected chi connectivity index (χ0v) is 7.87. The van der Waals surface area contributed by atoms with Crippen LogP contribution in [-0.2, 0) is 5.11 Å². The van der Waals surface area contributed by atoms with Crippen LogP contribution in [0, 0.1) is 0 Å². The van der Waals surface area contributed by atoms with Crippen molar-refractivity contribution in [1.29, 1.82) is 0 Å². The van der Waals surface area contributed by atoms with Crippen LogP contribution in [0.5, 0.6) is 11.5 Å². The fourth-order valence-corrected chi connectivity index (χ4v) is 1.08. The molecule has 0 spiro atoms. The molecule has 0 aliphatic heterocycles. The SMILES string of the molecule is COc1cccc(OC)c1NC([O])=O. The second-order valence-electron chi connectivity index (χ2n) is 2.45. The number of methoxy groups -OCH3 is 2. The van der Waals surface area contributed by atoms with Crippen LogP contribution >= 0.6 is 0 Å². The van der Waals surface area contributed by atoms with Gasteiger partial charge in [-0.2, -0.15) is 0 Å². The van der Waals surface area contributed by atoms with E-state index in [1.54, 1.807) is 18.2 Å². The first-order chi connectivity index (χ1) is 6.69. The smallest absolute Gasteiger partial charge is 0.455 e. The Bertz CT molecular complexity index is 315. The molecule has 1 N–H and O–H groups in total. The van der Waals surface area contributed by atoms with Gasteiger partial charge in [0.2, 0.25) is 0 Å². The molecule has 0 bridgehead atoms. The summed E-state index contributed by atoms with van der Waals surface area (Å²) in [5, 5.41) is 12.5. The molecule has 75 valence electrons. The largest absolute Gasteiger partial charge is 0.494 e. The van der Waals surface area contributed by atoms with Gasteiger partial charge in [0.15, 0.2) is 0 Å². The van der Waals surface area contributed by atoms with Crippen LogP contribution in [0.3, 0.4) is 0 Å². The van der Waals surface area contributed by atoms with Crippen molar-refractivity contribution in [3.63, 3.8) is 0 Å². The van der Waals surface area contributed by atoms with Gasteiger partial charge in [0.25, 0.3) is 0 Å². The minimum atomic E-state index is -1.41. The summed E-state index contributed by atoms with van der Waals surface area (Å²) in [7, 11) is 2.88. The van der Waals surface area contributed by atoms with Gasteiger partial charge in [-0.25, -0.2) is 9.90 Å². The van der Waals surface area contributed by atoms with Crippen molar-refractivity contribution in [1.82, 2.24) is 0 Å². The zero-order chi connectivity index (χ0) is 10.6. The van der Waals surface area contributed by atoms with Crippen molar-refractivity contribution >= 4 is 11.8 Å². The summed E-state index contributed by atoms with van der Waals surface area (Å²) in [4.78, 5) is 10.4. The summed E-state index contributed by atoms with van der Waals surface area (Å²) in [6.45, 7) is 0. The van der Waals surface area contributed by atoms with E-state index in [0.29, 0.717) is 11.5 Å². The number of ether oxygens (including phenoxy) is 2. The first-order valence-corrected chi connectivity index (χ1v) is 3.88. The van der Waals surface area contributed by atoms with E-state index in [2.05, 4.69) is 5.32 Å². The Morgan fingerprint density at radius 3 is 2.07 bits per heavy atom. The van der Waals surface area contributed by atoms with E-state index >= 15 is 0 Å². The van der Waals surface area contributed by atoms with Crippen LogP contribution in [0.25, 0.3) is 0 Å². The fourth-order valence-electron chi connectivity index (χ4n) is 1.08. The highest BCUT2D eigenvalue weighted by Crippen LogP contribution is 2.33. The van der Waals surface area contributed by atoms with Gasteiger partial charge in [0, 0.05) is 0 Å². The van der Waals surface area contributed by atoms with E-state index in [0.717, 1.165) is 0 Å². The number of para-hydroxylation sites is 1. The van der Waals surface area contributed by atoms with Gasteiger partial charge in [0.1, 0.15) is 17.2 Å². The molecule has 0 fully saturated rings. The molecule has 5 nitrogen and oxygen atoms in total. The van der Waals surface area contributed by atoms with E-state index in [1.807, 2.05) is 0 Å². The molecule has 0 aliphatic rings. The Kier molecular flexibility index (Phi) is 3.17. The molecule has 14 heavy (non-hydrogen) atoms. The molecule has 0 aromatic heterocycles. The Hall–Kier alpha value is -1.91. The van der Waals surface area contributed by atoms with E-state index in [4.69, 9.17) is 9.47 Å². The second kappa shape index (κ2) is 4.36. The quantitative estimate of drug-likeness (QED) is 0.799. The number of nitrogens with one attached hydrogen (secondary N) is 1. The second-order valence-corrected chi connectivity index (χ2v) is 2.45. The Morgan fingerprint density at radius 2 is 1.71 bits per heavy atom. The van der Waals surface area contributed by atoms with Crippen LogP contribution in [0.1, 0.15) is 0 Å². The fraction of sp³-hybridized carbons (Fsp3) is 0.222. The highest BCUT2D eigenvalue weighted by atomic mass is 16.5. The molecule has 1 aromatic carbocycles. The molecular weight excluding hydrogens is 186 g/mol. The van der Waals surface area contributed by atoms with Gasteiger partial charge >= 0.3 is 6.09 Å². The molecule has 1 rings (SSSR count). The molecule has 1 radical (unpaired) electrons. The molecule has 0 saturated heterocycles. The molecule has 1 amide bonds. The molecule has 0 heterocycles. The maximum absolute atomic E-state index is 10.4. The molecule has 0 unspecified atom stereocenters. The average Bonchev–Trinajstić information content (AvgIpc) is 2.17. The average molecular weight is 196 g/mol. The lowest BCUT2D eigenvalue weighted by molar-refractivity contribution is 0.185. The van der Waals surface area contributed by atoms with E-state index in [9.17, 15) is 9.90 Å². The third-order valence-corrected chi connectivity index (χ3v) is 1.65. The highest BCUT2D eigenvalue weighted by molar-refractivity contribution is 5.87. The predicted molar refractivity (Wildman–Crippen MR) is 49.3 cm³/mol. The summed E-state index contributed by atoms with van der Waals surface area (Å²) in [6, 6.07) is 4.93. The third-order valence-electron chi connectivity index (χ3n) is 1.65. The van der Waals surface area contributed by atoms with E-state index in [-0.39, 0.29) is 5.69 Å². The van der Waals surface area contributed by atoms with Crippen LogP contribution in [0.15, 0.2) is 18.2 Å². The lowest BCUT2D eigenvalue weighted by Crippen LogP contribution is -2.08. The minimum absolute atomic E-state index is 0.248. The van der Waals surface area contributed by atoms with Crippen molar-refractivity contribution < 1.29 is 19.4 Å². The molecule has 0 atom stereocenters. The maximum Gasteiger partial charge on any atom is 0.455 e. The van der Waals surface area contributed by atoms with Crippen molar-refractivity contribution in [2.75, 3.05) is 19.5 Å². The van der Waals surface area contributed by atoms with Gasteiger partial charge < -0.3 is 9.47 Å². The van der Waals surface area contributed by atoms with Crippen LogP contribution in [0.4, 0.5) is 10.5 Å². The number of benzene rings is 1. The lowest BCUT2D eigenvalue weighted by atomic mass is 10.2. The number of carbonyl (C=O) groups excluding carboxylic acids is 1. The van der Waals surface area contributed by atoms with Crippen LogP contribution < -0.4 is 14.8 Å².